The predicted octanol–water partition coefficient (Wildman–Crippen LogP) is 3.55. The Bertz CT molecular complexity index is 698. The lowest BCUT2D eigenvalue weighted by Gasteiger charge is -2.14. The van der Waals surface area contributed by atoms with E-state index in [0.29, 0.717) is 5.01 Å². The molecule has 0 spiro atoms. The number of sulfone groups is 1. The zero-order valence-corrected chi connectivity index (χ0v) is 13.2. The smallest absolute Gasteiger partial charge is 0.184 e. The molecule has 0 amide bonds. The Labute approximate surface area is 122 Å². The molecular formula is C14H16FNO2S2. The number of benzene rings is 1. The monoisotopic (exact) mass is 313 g/mol. The van der Waals surface area contributed by atoms with Crippen LogP contribution < -0.4 is 0 Å². The standard InChI is InChI=1S/C14H16FNO2S2/c1-14(2,3)12-8-19-13(16-12)9-20(17,18)11-6-4-10(15)5-7-11/h4-8H,9H2,1-3H3. The van der Waals surface area contributed by atoms with Gasteiger partial charge in [-0.1, -0.05) is 20.8 Å². The van der Waals surface area contributed by atoms with Crippen LogP contribution in [-0.4, -0.2) is 13.4 Å². The highest BCUT2D eigenvalue weighted by molar-refractivity contribution is 7.90. The van der Waals surface area contributed by atoms with Crippen LogP contribution in [0, 0.1) is 5.82 Å². The van der Waals surface area contributed by atoms with Crippen molar-refractivity contribution < 1.29 is 12.8 Å². The Morgan fingerprint density at radius 3 is 2.30 bits per heavy atom. The van der Waals surface area contributed by atoms with Crippen LogP contribution in [0.4, 0.5) is 4.39 Å². The highest BCUT2D eigenvalue weighted by Gasteiger charge is 2.21. The Morgan fingerprint density at radius 1 is 1.20 bits per heavy atom. The minimum atomic E-state index is -3.48. The van der Waals surface area contributed by atoms with Crippen LogP contribution in [0.25, 0.3) is 0 Å². The number of rotatable bonds is 3. The second kappa shape index (κ2) is 5.26. The fourth-order valence-electron chi connectivity index (χ4n) is 1.61. The lowest BCUT2D eigenvalue weighted by molar-refractivity contribution is 0.570. The van der Waals surface area contributed by atoms with E-state index in [-0.39, 0.29) is 16.1 Å². The molecule has 3 nitrogen and oxygen atoms in total. The van der Waals surface area contributed by atoms with Crippen molar-refractivity contribution >= 4 is 21.2 Å². The molecule has 1 aromatic heterocycles. The first-order chi connectivity index (χ1) is 9.18. The number of thiazole rings is 1. The molecule has 6 heteroatoms. The molecule has 0 radical (unpaired) electrons. The van der Waals surface area contributed by atoms with Crippen LogP contribution in [0.15, 0.2) is 34.5 Å². The summed E-state index contributed by atoms with van der Waals surface area (Å²) in [6.07, 6.45) is 0. The van der Waals surface area contributed by atoms with E-state index in [0.717, 1.165) is 17.8 Å². The van der Waals surface area contributed by atoms with Gasteiger partial charge in [0.2, 0.25) is 0 Å². The Morgan fingerprint density at radius 2 is 1.80 bits per heavy atom. The number of hydrogen-bond donors (Lipinski definition) is 0. The highest BCUT2D eigenvalue weighted by Crippen LogP contribution is 2.26. The van der Waals surface area contributed by atoms with Gasteiger partial charge in [-0.25, -0.2) is 17.8 Å². The van der Waals surface area contributed by atoms with Crippen molar-refractivity contribution in [2.24, 2.45) is 0 Å². The molecule has 108 valence electrons. The van der Waals surface area contributed by atoms with Crippen LogP contribution in [0.2, 0.25) is 0 Å². The summed E-state index contributed by atoms with van der Waals surface area (Å²) in [5.74, 6) is -0.604. The largest absolute Gasteiger partial charge is 0.245 e. The maximum absolute atomic E-state index is 12.8. The van der Waals surface area contributed by atoms with Gasteiger partial charge >= 0.3 is 0 Å². The first-order valence-corrected chi connectivity index (χ1v) is 8.65. The molecule has 0 fully saturated rings. The van der Waals surface area contributed by atoms with Gasteiger partial charge in [-0.2, -0.15) is 0 Å². The van der Waals surface area contributed by atoms with Crippen molar-refractivity contribution in [3.8, 4) is 0 Å². The van der Waals surface area contributed by atoms with Crippen molar-refractivity contribution in [1.82, 2.24) is 4.98 Å². The fraction of sp³-hybridized carbons (Fsp3) is 0.357. The molecule has 1 heterocycles. The molecule has 0 aliphatic rings. The normalized spacial score (nSPS) is 12.6. The molecule has 0 aliphatic carbocycles. The number of halogens is 1. The third-order valence-electron chi connectivity index (χ3n) is 2.81. The van der Waals surface area contributed by atoms with E-state index >= 15 is 0 Å². The van der Waals surface area contributed by atoms with E-state index in [4.69, 9.17) is 0 Å². The summed E-state index contributed by atoms with van der Waals surface area (Å²) in [4.78, 5) is 4.49. The van der Waals surface area contributed by atoms with Gasteiger partial charge in [0.05, 0.1) is 10.6 Å². The quantitative estimate of drug-likeness (QED) is 0.814. The summed E-state index contributed by atoms with van der Waals surface area (Å²) in [5.41, 5.74) is 0.779. The second-order valence-electron chi connectivity index (χ2n) is 5.59. The molecule has 1 aromatic carbocycles. The Balaban J connectivity index is 2.25. The minimum absolute atomic E-state index is 0.103. The molecule has 0 aliphatic heterocycles. The lowest BCUT2D eigenvalue weighted by Crippen LogP contribution is -2.12. The predicted molar refractivity (Wildman–Crippen MR) is 78.1 cm³/mol. The summed E-state index contributed by atoms with van der Waals surface area (Å²) in [6.45, 7) is 6.08. The van der Waals surface area contributed by atoms with Gasteiger partial charge in [0.15, 0.2) is 9.84 Å². The third-order valence-corrected chi connectivity index (χ3v) is 5.48. The van der Waals surface area contributed by atoms with Crippen molar-refractivity contribution in [1.29, 1.82) is 0 Å². The molecule has 0 saturated carbocycles. The maximum atomic E-state index is 12.8. The van der Waals surface area contributed by atoms with Gasteiger partial charge in [-0.15, -0.1) is 11.3 Å². The first-order valence-electron chi connectivity index (χ1n) is 6.12. The van der Waals surface area contributed by atoms with E-state index in [1.807, 2.05) is 26.2 Å². The minimum Gasteiger partial charge on any atom is -0.245 e. The van der Waals surface area contributed by atoms with E-state index in [1.54, 1.807) is 0 Å². The summed E-state index contributed by atoms with van der Waals surface area (Å²) in [5, 5.41) is 2.44. The highest BCUT2D eigenvalue weighted by atomic mass is 32.2. The summed E-state index contributed by atoms with van der Waals surface area (Å²) in [7, 11) is -3.48. The zero-order chi connectivity index (χ0) is 15.0. The van der Waals surface area contributed by atoms with Gasteiger partial charge in [-0.3, -0.25) is 0 Å². The third kappa shape index (κ3) is 3.43. The van der Waals surface area contributed by atoms with Gasteiger partial charge in [-0.05, 0) is 24.3 Å². The van der Waals surface area contributed by atoms with E-state index < -0.39 is 15.7 Å². The molecule has 2 aromatic rings. The van der Waals surface area contributed by atoms with Crippen LogP contribution in [0.5, 0.6) is 0 Å². The average Bonchev–Trinajstić information content (AvgIpc) is 2.77. The molecule has 0 bridgehead atoms. The second-order valence-corrected chi connectivity index (χ2v) is 8.52. The number of aromatic nitrogens is 1. The number of nitrogens with zero attached hydrogens (tertiary/aromatic N) is 1. The molecule has 20 heavy (non-hydrogen) atoms. The van der Waals surface area contributed by atoms with Crippen LogP contribution in [0.3, 0.4) is 0 Å². The first kappa shape index (κ1) is 15.1. The van der Waals surface area contributed by atoms with E-state index in [1.165, 1.54) is 23.5 Å². The summed E-state index contributed by atoms with van der Waals surface area (Å²) < 4.78 is 37.3. The van der Waals surface area contributed by atoms with E-state index in [9.17, 15) is 12.8 Å². The molecule has 0 unspecified atom stereocenters. The molecule has 2 rings (SSSR count). The summed E-state index contributed by atoms with van der Waals surface area (Å²) in [6, 6.07) is 4.86. The topological polar surface area (TPSA) is 47.0 Å². The molecule has 0 saturated heterocycles. The van der Waals surface area contributed by atoms with Crippen LogP contribution >= 0.6 is 11.3 Å². The lowest BCUT2D eigenvalue weighted by atomic mass is 9.93. The van der Waals surface area contributed by atoms with Gasteiger partial charge in [0.1, 0.15) is 16.6 Å². The SMILES string of the molecule is CC(C)(C)c1csc(CS(=O)(=O)c2ccc(F)cc2)n1. The molecule has 0 N–H and O–H groups in total. The average molecular weight is 313 g/mol. The number of hydrogen-bond acceptors (Lipinski definition) is 4. The summed E-state index contributed by atoms with van der Waals surface area (Å²) >= 11 is 1.34. The van der Waals surface area contributed by atoms with Crippen molar-refractivity contribution in [3.05, 3.63) is 46.2 Å². The fourth-order valence-corrected chi connectivity index (χ4v) is 4.26. The van der Waals surface area contributed by atoms with Crippen molar-refractivity contribution in [2.75, 3.05) is 0 Å². The Kier molecular flexibility index (Phi) is 3.97. The van der Waals surface area contributed by atoms with E-state index in [2.05, 4.69) is 4.98 Å². The van der Waals surface area contributed by atoms with Gasteiger partial charge in [0.25, 0.3) is 0 Å². The van der Waals surface area contributed by atoms with Crippen molar-refractivity contribution in [3.63, 3.8) is 0 Å². The van der Waals surface area contributed by atoms with Crippen LogP contribution in [0.1, 0.15) is 31.5 Å². The van der Waals surface area contributed by atoms with Gasteiger partial charge < -0.3 is 0 Å². The maximum Gasteiger partial charge on any atom is 0.184 e. The molecule has 0 atom stereocenters. The van der Waals surface area contributed by atoms with Crippen molar-refractivity contribution in [2.45, 2.75) is 36.8 Å². The zero-order valence-electron chi connectivity index (χ0n) is 11.6. The van der Waals surface area contributed by atoms with Crippen LogP contribution in [-0.2, 0) is 21.0 Å². The molecular weight excluding hydrogens is 297 g/mol. The van der Waals surface area contributed by atoms with Gasteiger partial charge in [0, 0.05) is 10.8 Å². The Hall–Kier alpha value is -1.27.